The Morgan fingerprint density at radius 1 is 1.29 bits per heavy atom. The molecule has 0 atom stereocenters. The van der Waals surface area contributed by atoms with Crippen LogP contribution in [0.5, 0.6) is 0 Å². The average Bonchev–Trinajstić information content (AvgIpc) is 2.99. The third-order valence-corrected chi connectivity index (χ3v) is 3.25. The predicted molar refractivity (Wildman–Crippen MR) is 62.2 cm³/mol. The van der Waals surface area contributed by atoms with E-state index in [9.17, 15) is 0 Å². The predicted octanol–water partition coefficient (Wildman–Crippen LogP) is 3.97. The zero-order valence-corrected chi connectivity index (χ0v) is 9.96. The van der Waals surface area contributed by atoms with Crippen LogP contribution in [0.2, 0.25) is 0 Å². The number of halogens is 1. The molecular weight excluding hydrogens is 238 g/mol. The lowest BCUT2D eigenvalue weighted by Gasteiger charge is -2.00. The summed E-state index contributed by atoms with van der Waals surface area (Å²) >= 11 is 3.39. The minimum atomic E-state index is 1.07. The maximum Gasteiger partial charge on any atom is 0.0413 e. The van der Waals surface area contributed by atoms with Gasteiger partial charge in [0.1, 0.15) is 0 Å². The van der Waals surface area contributed by atoms with Crippen LogP contribution < -0.4 is 0 Å². The van der Waals surface area contributed by atoms with Gasteiger partial charge < -0.3 is 0 Å². The first-order valence-electron chi connectivity index (χ1n) is 5.45. The molecule has 0 aromatic carbocycles. The van der Waals surface area contributed by atoms with E-state index in [1.54, 1.807) is 0 Å². The minimum absolute atomic E-state index is 1.07. The van der Waals surface area contributed by atoms with E-state index in [-0.39, 0.29) is 0 Å². The molecular formula is C12H16BrN. The van der Waals surface area contributed by atoms with Crippen molar-refractivity contribution in [2.24, 2.45) is 5.92 Å². The second kappa shape index (κ2) is 4.92. The molecule has 0 radical (unpaired) electrons. The van der Waals surface area contributed by atoms with Crippen molar-refractivity contribution in [2.45, 2.75) is 38.5 Å². The Bertz CT molecular complexity index is 277. The summed E-state index contributed by atoms with van der Waals surface area (Å²) in [6.45, 7) is 0. The maximum absolute atomic E-state index is 4.36. The van der Waals surface area contributed by atoms with Crippen molar-refractivity contribution in [1.29, 1.82) is 0 Å². The fourth-order valence-corrected chi connectivity index (χ4v) is 1.93. The molecule has 1 saturated carbocycles. The van der Waals surface area contributed by atoms with Crippen molar-refractivity contribution in [3.63, 3.8) is 0 Å². The van der Waals surface area contributed by atoms with Crippen LogP contribution in [0, 0.1) is 5.92 Å². The van der Waals surface area contributed by atoms with Crippen molar-refractivity contribution in [3.05, 3.63) is 28.5 Å². The Kier molecular flexibility index (Phi) is 3.57. The quantitative estimate of drug-likeness (QED) is 0.724. The number of nitrogens with zero attached hydrogens (tertiary/aromatic N) is 1. The van der Waals surface area contributed by atoms with E-state index < -0.39 is 0 Å². The lowest BCUT2D eigenvalue weighted by atomic mass is 10.1. The van der Waals surface area contributed by atoms with E-state index in [1.807, 2.05) is 6.20 Å². The van der Waals surface area contributed by atoms with E-state index >= 15 is 0 Å². The third-order valence-electron chi connectivity index (χ3n) is 2.78. The molecule has 1 aromatic heterocycles. The molecule has 1 aliphatic rings. The topological polar surface area (TPSA) is 12.9 Å². The molecule has 0 bridgehead atoms. The van der Waals surface area contributed by atoms with Crippen LogP contribution in [0.15, 0.2) is 22.8 Å². The molecule has 0 amide bonds. The number of hydrogen-bond acceptors (Lipinski definition) is 1. The van der Waals surface area contributed by atoms with Crippen LogP contribution in [0.3, 0.4) is 0 Å². The van der Waals surface area contributed by atoms with Gasteiger partial charge >= 0.3 is 0 Å². The second-order valence-corrected chi connectivity index (χ2v) is 5.07. The highest BCUT2D eigenvalue weighted by Crippen LogP contribution is 2.33. The summed E-state index contributed by atoms with van der Waals surface area (Å²) in [5, 5.41) is 0. The summed E-state index contributed by atoms with van der Waals surface area (Å²) in [4.78, 5) is 4.36. The van der Waals surface area contributed by atoms with Crippen molar-refractivity contribution in [1.82, 2.24) is 4.98 Å². The third kappa shape index (κ3) is 3.41. The second-order valence-electron chi connectivity index (χ2n) is 4.16. The van der Waals surface area contributed by atoms with Gasteiger partial charge in [0.25, 0.3) is 0 Å². The number of hydrogen-bond donors (Lipinski definition) is 0. The molecule has 0 saturated heterocycles. The number of pyridine rings is 1. The highest BCUT2D eigenvalue weighted by atomic mass is 79.9. The Balaban J connectivity index is 1.66. The van der Waals surface area contributed by atoms with Gasteiger partial charge in [-0.05, 0) is 46.8 Å². The number of aryl methyl sites for hydroxylation is 1. The first-order valence-corrected chi connectivity index (χ1v) is 6.24. The molecule has 1 nitrogen and oxygen atoms in total. The van der Waals surface area contributed by atoms with Crippen LogP contribution in [0.4, 0.5) is 0 Å². The molecule has 1 heterocycles. The summed E-state index contributed by atoms with van der Waals surface area (Å²) in [6.07, 6.45) is 10.1. The molecule has 76 valence electrons. The van der Waals surface area contributed by atoms with Crippen molar-refractivity contribution in [2.75, 3.05) is 0 Å². The largest absolute Gasteiger partial charge is 0.260 e. The van der Waals surface area contributed by atoms with Gasteiger partial charge in [0.2, 0.25) is 0 Å². The first-order chi connectivity index (χ1) is 6.84. The van der Waals surface area contributed by atoms with Crippen LogP contribution in [0.25, 0.3) is 0 Å². The van der Waals surface area contributed by atoms with Gasteiger partial charge in [0.15, 0.2) is 0 Å². The molecule has 1 fully saturated rings. The Morgan fingerprint density at radius 3 is 2.79 bits per heavy atom. The maximum atomic E-state index is 4.36. The Morgan fingerprint density at radius 2 is 2.14 bits per heavy atom. The van der Waals surface area contributed by atoms with Crippen LogP contribution in [-0.4, -0.2) is 4.98 Å². The van der Waals surface area contributed by atoms with Crippen LogP contribution in [-0.2, 0) is 6.42 Å². The van der Waals surface area contributed by atoms with Gasteiger partial charge in [-0.15, -0.1) is 0 Å². The Labute approximate surface area is 94.1 Å². The van der Waals surface area contributed by atoms with Gasteiger partial charge in [0, 0.05) is 16.4 Å². The standard InChI is InChI=1S/C12H16BrN/c13-11-7-8-12(14-9-11)4-2-1-3-10-5-6-10/h7-10H,1-6H2. The normalized spacial score (nSPS) is 15.8. The average molecular weight is 254 g/mol. The molecule has 0 N–H and O–H groups in total. The zero-order valence-electron chi connectivity index (χ0n) is 8.38. The van der Waals surface area contributed by atoms with Crippen molar-refractivity contribution < 1.29 is 0 Å². The number of unbranched alkanes of at least 4 members (excludes halogenated alkanes) is 1. The molecule has 1 aliphatic carbocycles. The van der Waals surface area contributed by atoms with Gasteiger partial charge in [-0.1, -0.05) is 25.7 Å². The monoisotopic (exact) mass is 253 g/mol. The highest BCUT2D eigenvalue weighted by Gasteiger charge is 2.19. The SMILES string of the molecule is Brc1ccc(CCCCC2CC2)nc1. The van der Waals surface area contributed by atoms with Crippen molar-refractivity contribution >= 4 is 15.9 Å². The van der Waals surface area contributed by atoms with Crippen LogP contribution in [0.1, 0.15) is 37.8 Å². The minimum Gasteiger partial charge on any atom is -0.260 e. The van der Waals surface area contributed by atoms with Gasteiger partial charge in [0.05, 0.1) is 0 Å². The number of aromatic nitrogens is 1. The molecule has 0 spiro atoms. The van der Waals surface area contributed by atoms with Crippen LogP contribution >= 0.6 is 15.9 Å². The molecule has 1 aromatic rings. The Hall–Kier alpha value is -0.370. The highest BCUT2D eigenvalue weighted by molar-refractivity contribution is 9.10. The lowest BCUT2D eigenvalue weighted by Crippen LogP contribution is -1.90. The zero-order chi connectivity index (χ0) is 9.80. The van der Waals surface area contributed by atoms with E-state index in [2.05, 4.69) is 33.0 Å². The molecule has 14 heavy (non-hydrogen) atoms. The van der Waals surface area contributed by atoms with Gasteiger partial charge in [-0.25, -0.2) is 0 Å². The van der Waals surface area contributed by atoms with E-state index in [0.717, 1.165) is 16.8 Å². The molecule has 2 rings (SSSR count). The fraction of sp³-hybridized carbons (Fsp3) is 0.583. The fourth-order valence-electron chi connectivity index (χ4n) is 1.70. The summed E-state index contributed by atoms with van der Waals surface area (Å²) in [6, 6.07) is 4.18. The smallest absolute Gasteiger partial charge is 0.0413 e. The molecule has 0 aliphatic heterocycles. The number of rotatable bonds is 5. The van der Waals surface area contributed by atoms with Crippen molar-refractivity contribution in [3.8, 4) is 0 Å². The van der Waals surface area contributed by atoms with E-state index in [1.165, 1.54) is 37.8 Å². The summed E-state index contributed by atoms with van der Waals surface area (Å²) in [7, 11) is 0. The lowest BCUT2D eigenvalue weighted by molar-refractivity contribution is 0.624. The van der Waals surface area contributed by atoms with Gasteiger partial charge in [-0.3, -0.25) is 4.98 Å². The summed E-state index contributed by atoms with van der Waals surface area (Å²) in [5.41, 5.74) is 1.23. The van der Waals surface area contributed by atoms with Gasteiger partial charge in [-0.2, -0.15) is 0 Å². The summed E-state index contributed by atoms with van der Waals surface area (Å²) in [5.74, 6) is 1.08. The molecule has 2 heteroatoms. The first kappa shape index (κ1) is 10.2. The molecule has 0 unspecified atom stereocenters. The van der Waals surface area contributed by atoms with E-state index in [0.29, 0.717) is 0 Å². The van der Waals surface area contributed by atoms with E-state index in [4.69, 9.17) is 0 Å². The summed E-state index contributed by atoms with van der Waals surface area (Å²) < 4.78 is 1.07.